The summed E-state index contributed by atoms with van der Waals surface area (Å²) in [7, 11) is 8.74. The van der Waals surface area contributed by atoms with Gasteiger partial charge in [-0.25, -0.2) is 9.78 Å². The molecule has 12 aromatic rings. The van der Waals surface area contributed by atoms with Crippen molar-refractivity contribution in [1.29, 1.82) is 0 Å². The minimum atomic E-state index is -4.83. The third-order valence-electron chi connectivity index (χ3n) is 13.2. The molecule has 0 unspecified atom stereocenters. The van der Waals surface area contributed by atoms with Gasteiger partial charge in [-0.1, -0.05) is 217 Å². The number of hydrogen-bond donors (Lipinski definition) is 0. The van der Waals surface area contributed by atoms with E-state index >= 15 is 0 Å². The molecule has 0 atom stereocenters. The predicted octanol–water partition coefficient (Wildman–Crippen LogP) is 18.6. The summed E-state index contributed by atoms with van der Waals surface area (Å²) in [6.07, 6.45) is -6.43. The van der Waals surface area contributed by atoms with Crippen molar-refractivity contribution in [3.63, 3.8) is 0 Å². The van der Waals surface area contributed by atoms with Gasteiger partial charge in [0.15, 0.2) is 11.6 Å². The number of rotatable bonds is 15. The number of pyridine rings is 2. The molecule has 8 aromatic carbocycles. The largest absolute Gasteiger partial charge is 0.0622 e. The van der Waals surface area contributed by atoms with Gasteiger partial charge in [0.1, 0.15) is 0 Å². The first kappa shape index (κ1) is 78.6. The topological polar surface area (TPSA) is 130 Å². The number of ether oxygens (including phenoxy) is 2. The van der Waals surface area contributed by atoms with E-state index in [1.54, 1.807) is 30.5 Å². The van der Waals surface area contributed by atoms with Crippen molar-refractivity contribution < 1.29 is 70.2 Å². The summed E-state index contributed by atoms with van der Waals surface area (Å²) in [5, 5.41) is 11.2. The Morgan fingerprint density at radius 3 is 1.15 bits per heavy atom. The molecular formula is C73H61Cl5F6N4O6P2PdSn. The molecule has 25 heteroatoms. The van der Waals surface area contributed by atoms with Gasteiger partial charge in [-0.05, 0) is 102 Å². The second-order valence-corrected chi connectivity index (χ2v) is 33.9. The molecule has 0 aliphatic heterocycles. The maximum atomic E-state index is 13.1. The van der Waals surface area contributed by atoms with Crippen LogP contribution in [0.3, 0.4) is 0 Å². The Morgan fingerprint density at radius 2 is 0.827 bits per heavy atom. The van der Waals surface area contributed by atoms with E-state index in [2.05, 4.69) is 211 Å². The van der Waals surface area contributed by atoms with Gasteiger partial charge in [0.05, 0.1) is 27.7 Å². The zero-order chi connectivity index (χ0) is 70.6. The quantitative estimate of drug-likeness (QED) is 0.0321. The first-order valence-corrected chi connectivity index (χ1v) is 40.8. The average Bonchev–Trinajstić information content (AvgIpc) is 1.60. The summed E-state index contributed by atoms with van der Waals surface area (Å²) in [6, 6.07) is 79.3. The maximum Gasteiger partial charge on any atom is -0.0134 e. The third-order valence-corrected chi connectivity index (χ3v) is 21.8. The number of halogens is 11. The van der Waals surface area contributed by atoms with Crippen molar-refractivity contribution in [2.45, 2.75) is 56.3 Å². The van der Waals surface area contributed by atoms with Crippen LogP contribution in [-0.2, 0) is 50.1 Å². The molecule has 12 rings (SSSR count). The standard InChI is InChI=1S/2C18H15P.C17H12ClF3N2O3.C10H7Cl2N.C7H5F3NO3.C3H7.2ClH.Pd.Sn/c2*1-4-10-16(11-5-1)19(17-12-6-2-7-13-17)18-14-8-3-9-15-18;1-2-25-16(24)14-15(17(19,20)21)23-13(26-14)6-9-3-4-12-10(5-9)7-11(18)8-22-12;11-5-7-1-2-10-8(3-7)4-9(12)6-13-10;1-2-13-6(12)4-5(7(8,9)10)11-3-14-4;1-3-2;;;;/h2*1-15H;3-5,7-8H,2,6H2,1H3;1-4,6H,5H2;2H2,1H3;3H,1-2H3;2*1H;;/q;;;;;;;;+2;/p-2. The van der Waals surface area contributed by atoms with Crippen LogP contribution in [0.25, 0.3) is 21.8 Å². The van der Waals surface area contributed by atoms with Crippen LogP contribution in [0.1, 0.15) is 77.2 Å². The fourth-order valence-corrected chi connectivity index (χ4v) is 16.6. The number of aromatic nitrogens is 4. The molecule has 510 valence electrons. The molecule has 0 N–H and O–H groups in total. The fraction of sp³-hybridized carbons (Fsp3) is 0.151. The molecule has 4 aromatic heterocycles. The summed E-state index contributed by atoms with van der Waals surface area (Å²) >= 11 is 16.0. The van der Waals surface area contributed by atoms with Crippen LogP contribution in [-0.4, -0.2) is 66.2 Å². The molecule has 4 heterocycles. The molecule has 0 spiro atoms. The average molecular weight is 1670 g/mol. The molecule has 0 bridgehead atoms. The zero-order valence-electron chi connectivity index (χ0n) is 52.6. The summed E-state index contributed by atoms with van der Waals surface area (Å²) in [6.45, 7) is 6.66. The zero-order valence-corrected chi connectivity index (χ0v) is 62.6. The Bertz CT molecular complexity index is 4110. The van der Waals surface area contributed by atoms with E-state index in [1.165, 1.54) is 51.9 Å². The number of nitrogens with zero attached hydrogens (tertiary/aromatic N) is 4. The molecule has 2 radical (unpaired) electrons. The van der Waals surface area contributed by atoms with Gasteiger partial charge in [-0.15, -0.1) is 11.6 Å². The van der Waals surface area contributed by atoms with E-state index in [0.29, 0.717) is 27.0 Å². The van der Waals surface area contributed by atoms with Crippen molar-refractivity contribution in [3.05, 3.63) is 293 Å². The van der Waals surface area contributed by atoms with Crippen LogP contribution in [0.5, 0.6) is 0 Å². The first-order valence-electron chi connectivity index (χ1n) is 29.8. The van der Waals surface area contributed by atoms with E-state index in [1.807, 2.05) is 38.1 Å². The molecule has 0 aliphatic carbocycles. The Hall–Kier alpha value is -6.71. The van der Waals surface area contributed by atoms with E-state index in [4.69, 9.17) is 62.7 Å². The summed E-state index contributed by atoms with van der Waals surface area (Å²) < 4.78 is 96.8. The van der Waals surface area contributed by atoms with E-state index in [0.717, 1.165) is 21.9 Å². The van der Waals surface area contributed by atoms with E-state index in [-0.39, 0.29) is 49.3 Å². The van der Waals surface area contributed by atoms with E-state index in [9.17, 15) is 35.9 Å². The normalized spacial score (nSPS) is 11.0. The Kier molecular flexibility index (Phi) is 32.0. The molecule has 0 amide bonds. The van der Waals surface area contributed by atoms with Crippen molar-refractivity contribution in [1.82, 2.24) is 19.9 Å². The fourth-order valence-electron chi connectivity index (χ4n) is 9.16. The number of alkyl halides is 7. The molecule has 0 saturated heterocycles. The van der Waals surface area contributed by atoms with Gasteiger partial charge < -0.3 is 9.15 Å². The monoisotopic (exact) mass is 1670 g/mol. The van der Waals surface area contributed by atoms with Gasteiger partial charge in [0, 0.05) is 35.5 Å². The minimum absolute atomic E-state index is 0.0175. The summed E-state index contributed by atoms with van der Waals surface area (Å²) in [5.74, 6) is -3.82. The van der Waals surface area contributed by atoms with Gasteiger partial charge in [-0.2, -0.15) is 13.2 Å². The van der Waals surface area contributed by atoms with Crippen LogP contribution >= 0.6 is 69.7 Å². The number of carbonyl (C=O) groups is 2. The molecule has 10 nitrogen and oxygen atoms in total. The summed E-state index contributed by atoms with van der Waals surface area (Å²) in [5.41, 5.74) is 0.672. The smallest absolute Gasteiger partial charge is 0.0134 e. The third kappa shape index (κ3) is 24.3. The van der Waals surface area contributed by atoms with Gasteiger partial charge in [-0.3, -0.25) is 9.97 Å². The minimum Gasteiger partial charge on any atom is -0.0622 e. The summed E-state index contributed by atoms with van der Waals surface area (Å²) in [4.78, 5) is 38.3. The molecule has 0 aliphatic rings. The van der Waals surface area contributed by atoms with Crippen LogP contribution in [0.15, 0.2) is 252 Å². The molecule has 0 saturated carbocycles. The number of benzene rings is 8. The Labute approximate surface area is 607 Å². The van der Waals surface area contributed by atoms with Crippen LogP contribution in [0, 0.1) is 0 Å². The number of hydrogen-bond acceptors (Lipinski definition) is 10. The van der Waals surface area contributed by atoms with Crippen LogP contribution in [0.4, 0.5) is 26.3 Å². The van der Waals surface area contributed by atoms with Crippen LogP contribution in [0.2, 0.25) is 14.0 Å². The van der Waals surface area contributed by atoms with Crippen molar-refractivity contribution >= 4 is 160 Å². The second-order valence-electron chi connectivity index (χ2n) is 20.6. The van der Waals surface area contributed by atoms with Crippen LogP contribution < -0.4 is 35.7 Å². The second kappa shape index (κ2) is 39.9. The number of oxazole rings is 2. The van der Waals surface area contributed by atoms with Gasteiger partial charge >= 0.3 is 159 Å². The Balaban J connectivity index is 0.000000173. The molecule has 98 heavy (non-hydrogen) atoms. The first-order chi connectivity index (χ1) is 47.1. The predicted molar refractivity (Wildman–Crippen MR) is 383 cm³/mol. The number of fused-ring (bicyclic) bond motifs is 2. The Morgan fingerprint density at radius 1 is 0.500 bits per heavy atom. The maximum absolute atomic E-state index is 13.1. The van der Waals surface area contributed by atoms with Crippen molar-refractivity contribution in [3.8, 4) is 0 Å². The van der Waals surface area contributed by atoms with E-state index < -0.39 is 84.2 Å². The SMILES string of the molecule is CCOC(=O)c1o[c]([Sn][CH](C)C)nc1C(F)(F)F.CCOC(=O)c1oc(Cc2ccc3ncc(Cl)cc3c2)nc1C(F)(F)F.ClCc1ccc2ncc(Cl)cc2c1.[Cl][Pd][Cl].c1ccc(P(c2ccccc2)c2ccccc2)cc1.c1ccc(P(c2ccccc2)c2ccccc2)cc1. The number of carbonyl (C=O) groups excluding carboxylic acids is 2. The van der Waals surface area contributed by atoms with Crippen molar-refractivity contribution in [2.24, 2.45) is 0 Å². The van der Waals surface area contributed by atoms with Gasteiger partial charge in [0.2, 0.25) is 5.76 Å². The molecule has 0 fully saturated rings. The molecular weight excluding hydrogens is 1610 g/mol. The van der Waals surface area contributed by atoms with Gasteiger partial charge in [0.25, 0.3) is 0 Å². The number of esters is 2. The van der Waals surface area contributed by atoms with Crippen molar-refractivity contribution in [2.75, 3.05) is 13.2 Å².